The summed E-state index contributed by atoms with van der Waals surface area (Å²) in [7, 11) is -4.13. The fourth-order valence-corrected chi connectivity index (χ4v) is 3.31. The van der Waals surface area contributed by atoms with Gasteiger partial charge in [-0.25, -0.2) is 13.2 Å². The number of aliphatic carboxylic acids is 1. The molecule has 1 unspecified atom stereocenters. The van der Waals surface area contributed by atoms with Gasteiger partial charge in [-0.1, -0.05) is 0 Å². The molecular formula is C13H17N3O7S. The minimum atomic E-state index is -4.13. The van der Waals surface area contributed by atoms with Crippen molar-refractivity contribution in [2.45, 2.75) is 30.4 Å². The Labute approximate surface area is 137 Å². The van der Waals surface area contributed by atoms with E-state index in [-0.39, 0.29) is 12.3 Å². The van der Waals surface area contributed by atoms with E-state index in [4.69, 9.17) is 10.2 Å². The first-order valence-corrected chi connectivity index (χ1v) is 8.62. The lowest BCUT2D eigenvalue weighted by atomic mass is 10.0. The van der Waals surface area contributed by atoms with E-state index in [1.54, 1.807) is 0 Å². The zero-order valence-electron chi connectivity index (χ0n) is 12.6. The topological polar surface area (TPSA) is 160 Å². The molecule has 4 N–H and O–H groups in total. The molecule has 0 saturated carbocycles. The molecule has 1 aromatic rings. The Morgan fingerprint density at radius 1 is 1.33 bits per heavy atom. The van der Waals surface area contributed by atoms with Gasteiger partial charge in [0.1, 0.15) is 6.04 Å². The van der Waals surface area contributed by atoms with Gasteiger partial charge < -0.3 is 20.2 Å². The number of piperidine rings is 1. The van der Waals surface area contributed by atoms with Gasteiger partial charge in [-0.2, -0.15) is 4.72 Å². The molecule has 2 amide bonds. The van der Waals surface area contributed by atoms with Gasteiger partial charge in [0.25, 0.3) is 15.9 Å². The van der Waals surface area contributed by atoms with Crippen molar-refractivity contribution >= 4 is 27.8 Å². The maximum absolute atomic E-state index is 12.4. The van der Waals surface area contributed by atoms with Gasteiger partial charge in [-0.15, -0.1) is 0 Å². The van der Waals surface area contributed by atoms with Gasteiger partial charge in [-0.3, -0.25) is 9.59 Å². The van der Waals surface area contributed by atoms with Crippen molar-refractivity contribution in [3.8, 4) is 0 Å². The zero-order valence-corrected chi connectivity index (χ0v) is 13.4. The van der Waals surface area contributed by atoms with Gasteiger partial charge in [0.15, 0.2) is 5.76 Å². The van der Waals surface area contributed by atoms with Crippen LogP contribution in [-0.4, -0.2) is 55.3 Å². The Hall–Kier alpha value is -2.40. The third kappa shape index (κ3) is 3.92. The fraction of sp³-hybridized carbons (Fsp3) is 0.462. The summed E-state index contributed by atoms with van der Waals surface area (Å²) in [6, 6.07) is 1.23. The minimum absolute atomic E-state index is 0.249. The number of carbonyl (C=O) groups excluding carboxylic acids is 2. The molecule has 0 radical (unpaired) electrons. The summed E-state index contributed by atoms with van der Waals surface area (Å²) in [5.41, 5.74) is 4.86. The second-order valence-electron chi connectivity index (χ2n) is 5.26. The molecule has 1 aliphatic heterocycles. The zero-order chi connectivity index (χ0) is 17.9. The second kappa shape index (κ2) is 7.01. The van der Waals surface area contributed by atoms with Crippen LogP contribution in [0.15, 0.2) is 21.6 Å². The van der Waals surface area contributed by atoms with Crippen LogP contribution in [0.1, 0.15) is 29.8 Å². The number of carboxylic acid groups (broad SMARTS) is 1. The molecule has 2 rings (SSSR count). The van der Waals surface area contributed by atoms with Crippen LogP contribution in [0.25, 0.3) is 0 Å². The number of nitrogens with zero attached hydrogens (tertiary/aromatic N) is 1. The highest BCUT2D eigenvalue weighted by molar-refractivity contribution is 7.89. The molecule has 1 fully saturated rings. The average Bonchev–Trinajstić information content (AvgIpc) is 3.03. The predicted molar refractivity (Wildman–Crippen MR) is 79.4 cm³/mol. The quantitative estimate of drug-likeness (QED) is 0.594. The van der Waals surface area contributed by atoms with Gasteiger partial charge in [0.05, 0.1) is 6.54 Å². The Morgan fingerprint density at radius 3 is 2.67 bits per heavy atom. The number of likely N-dealkylation sites (tertiary alicyclic amines) is 1. The highest BCUT2D eigenvalue weighted by Gasteiger charge is 2.34. The number of rotatable bonds is 6. The Balaban J connectivity index is 2.18. The summed E-state index contributed by atoms with van der Waals surface area (Å²) in [6.45, 7) is -0.363. The summed E-state index contributed by atoms with van der Waals surface area (Å²) < 4.78 is 30.7. The molecule has 0 aliphatic carbocycles. The van der Waals surface area contributed by atoms with Crippen molar-refractivity contribution in [2.75, 3.05) is 13.1 Å². The first kappa shape index (κ1) is 17.9. The smallest absolute Gasteiger partial charge is 0.326 e. The van der Waals surface area contributed by atoms with Crippen LogP contribution in [0.5, 0.6) is 0 Å². The normalized spacial score (nSPS) is 18.3. The number of nitrogens with one attached hydrogen (secondary N) is 1. The molecular weight excluding hydrogens is 342 g/mol. The fourth-order valence-electron chi connectivity index (χ4n) is 2.39. The van der Waals surface area contributed by atoms with Gasteiger partial charge >= 0.3 is 5.97 Å². The molecule has 1 atom stereocenters. The summed E-state index contributed by atoms with van der Waals surface area (Å²) in [5, 5.41) is 8.63. The van der Waals surface area contributed by atoms with E-state index in [1.807, 2.05) is 4.72 Å². The van der Waals surface area contributed by atoms with E-state index in [0.29, 0.717) is 19.3 Å². The van der Waals surface area contributed by atoms with Crippen molar-refractivity contribution in [2.24, 2.45) is 5.73 Å². The maximum Gasteiger partial charge on any atom is 0.326 e. The third-order valence-corrected chi connectivity index (χ3v) is 4.82. The summed E-state index contributed by atoms with van der Waals surface area (Å²) in [6.07, 6.45) is 1.67. The molecule has 2 heterocycles. The molecule has 10 nitrogen and oxygen atoms in total. The Kier molecular flexibility index (Phi) is 5.24. The number of hydrogen-bond donors (Lipinski definition) is 3. The number of sulfonamides is 1. The largest absolute Gasteiger partial charge is 0.480 e. The van der Waals surface area contributed by atoms with Gasteiger partial charge in [0.2, 0.25) is 11.0 Å². The number of nitrogens with two attached hydrogens (primary N) is 1. The highest BCUT2D eigenvalue weighted by Crippen LogP contribution is 2.22. The number of amides is 2. The monoisotopic (exact) mass is 359 g/mol. The number of furan rings is 1. The molecule has 0 aromatic carbocycles. The van der Waals surface area contributed by atoms with Crippen LogP contribution in [0.4, 0.5) is 0 Å². The lowest BCUT2D eigenvalue weighted by molar-refractivity contribution is -0.143. The van der Waals surface area contributed by atoms with E-state index in [1.165, 1.54) is 0 Å². The highest BCUT2D eigenvalue weighted by atomic mass is 32.2. The molecule has 1 aliphatic rings. The van der Waals surface area contributed by atoms with Crippen molar-refractivity contribution in [1.29, 1.82) is 0 Å². The predicted octanol–water partition coefficient (Wildman–Crippen LogP) is -0.877. The lowest BCUT2D eigenvalue weighted by Crippen LogP contribution is -2.47. The molecule has 132 valence electrons. The van der Waals surface area contributed by atoms with Crippen molar-refractivity contribution in [1.82, 2.24) is 9.62 Å². The number of carbonyl (C=O) groups is 3. The van der Waals surface area contributed by atoms with Crippen molar-refractivity contribution in [3.63, 3.8) is 0 Å². The van der Waals surface area contributed by atoms with E-state index in [9.17, 15) is 27.9 Å². The number of hydrogen-bond acceptors (Lipinski definition) is 6. The standard InChI is InChI=1S/C13H17N3O7S/c14-10(17)7-15-24(21,22)11-5-4-9(23-11)12(18)16-6-2-1-3-8(16)13(19)20/h4-5,8,15H,1-3,6-7H2,(H2,14,17)(H,19,20). The minimum Gasteiger partial charge on any atom is -0.480 e. The summed E-state index contributed by atoms with van der Waals surface area (Å²) in [5.74, 6) is -2.98. The van der Waals surface area contributed by atoms with Crippen molar-refractivity contribution in [3.05, 3.63) is 17.9 Å². The summed E-state index contributed by atoms with van der Waals surface area (Å²) >= 11 is 0. The molecule has 0 bridgehead atoms. The Bertz CT molecular complexity index is 755. The summed E-state index contributed by atoms with van der Waals surface area (Å²) in [4.78, 5) is 35.4. The van der Waals surface area contributed by atoms with Crippen LogP contribution in [0, 0.1) is 0 Å². The Morgan fingerprint density at radius 2 is 2.04 bits per heavy atom. The van der Waals surface area contributed by atoms with Gasteiger partial charge in [0, 0.05) is 6.54 Å². The van der Waals surface area contributed by atoms with E-state index in [0.717, 1.165) is 17.0 Å². The van der Waals surface area contributed by atoms with Crippen LogP contribution in [0.3, 0.4) is 0 Å². The lowest BCUT2D eigenvalue weighted by Gasteiger charge is -2.32. The first-order chi connectivity index (χ1) is 11.2. The van der Waals surface area contributed by atoms with Gasteiger partial charge in [-0.05, 0) is 31.4 Å². The van der Waals surface area contributed by atoms with Crippen LogP contribution in [0.2, 0.25) is 0 Å². The van der Waals surface area contributed by atoms with Crippen molar-refractivity contribution < 1.29 is 32.3 Å². The van der Waals surface area contributed by atoms with E-state index in [2.05, 4.69) is 0 Å². The maximum atomic E-state index is 12.4. The third-order valence-electron chi connectivity index (χ3n) is 3.54. The molecule has 1 saturated heterocycles. The number of carboxylic acids is 1. The van der Waals surface area contributed by atoms with E-state index >= 15 is 0 Å². The average molecular weight is 359 g/mol. The second-order valence-corrected chi connectivity index (χ2v) is 6.96. The molecule has 24 heavy (non-hydrogen) atoms. The van der Waals surface area contributed by atoms with Crippen LogP contribution >= 0.6 is 0 Å². The van der Waals surface area contributed by atoms with E-state index < -0.39 is 45.5 Å². The molecule has 11 heteroatoms. The SMILES string of the molecule is NC(=O)CNS(=O)(=O)c1ccc(C(=O)N2CCCCC2C(=O)O)o1. The van der Waals surface area contributed by atoms with Crippen LogP contribution < -0.4 is 10.5 Å². The number of primary amides is 1. The molecule has 0 spiro atoms. The molecule has 1 aromatic heterocycles. The first-order valence-electron chi connectivity index (χ1n) is 7.14. The van der Waals surface area contributed by atoms with Crippen LogP contribution in [-0.2, 0) is 19.6 Å².